The summed E-state index contributed by atoms with van der Waals surface area (Å²) in [6, 6.07) is 1.88. The van der Waals surface area contributed by atoms with Crippen LogP contribution in [-0.2, 0) is 10.3 Å². The Hall–Kier alpha value is -2.48. The topological polar surface area (TPSA) is 92.2 Å². The lowest BCUT2D eigenvalue weighted by Crippen LogP contribution is -2.52. The van der Waals surface area contributed by atoms with Crippen molar-refractivity contribution in [3.8, 4) is 0 Å². The first-order valence-electron chi connectivity index (χ1n) is 10.7. The molecular weight excluding hydrogens is 368 g/mol. The Labute approximate surface area is 170 Å². The van der Waals surface area contributed by atoms with Crippen LogP contribution in [0.15, 0.2) is 12.3 Å². The molecule has 4 heterocycles. The van der Waals surface area contributed by atoms with Gasteiger partial charge in [-0.1, -0.05) is 19.3 Å². The van der Waals surface area contributed by atoms with Crippen LogP contribution in [0.3, 0.4) is 0 Å². The van der Waals surface area contributed by atoms with Crippen LogP contribution in [0.1, 0.15) is 55.4 Å². The van der Waals surface area contributed by atoms with E-state index in [1.54, 1.807) is 6.20 Å². The van der Waals surface area contributed by atoms with E-state index in [4.69, 9.17) is 4.98 Å². The summed E-state index contributed by atoms with van der Waals surface area (Å²) < 4.78 is 2.13. The van der Waals surface area contributed by atoms with Crippen LogP contribution >= 0.6 is 0 Å². The highest BCUT2D eigenvalue weighted by molar-refractivity contribution is 5.99. The largest absolute Gasteiger partial charge is 0.348 e. The number of hydrogen-bond acceptors (Lipinski definition) is 5. The van der Waals surface area contributed by atoms with Crippen molar-refractivity contribution in [3.05, 3.63) is 18.0 Å². The van der Waals surface area contributed by atoms with E-state index >= 15 is 0 Å². The van der Waals surface area contributed by atoms with E-state index < -0.39 is 0 Å². The Bertz CT molecular complexity index is 961. The monoisotopic (exact) mass is 396 g/mol. The number of likely N-dealkylation sites (tertiary alicyclic amines) is 1. The Morgan fingerprint density at radius 3 is 2.90 bits per heavy atom. The zero-order chi connectivity index (χ0) is 20.0. The van der Waals surface area contributed by atoms with Crippen LogP contribution in [0.25, 0.3) is 11.0 Å². The number of piperidine rings is 1. The van der Waals surface area contributed by atoms with Crippen molar-refractivity contribution >= 4 is 28.8 Å². The third-order valence-corrected chi connectivity index (χ3v) is 6.84. The highest BCUT2D eigenvalue weighted by Crippen LogP contribution is 2.40. The number of carbonyl (C=O) groups is 2. The first-order valence-corrected chi connectivity index (χ1v) is 10.7. The zero-order valence-electron chi connectivity index (χ0n) is 16.9. The summed E-state index contributed by atoms with van der Waals surface area (Å²) >= 11 is 0. The smallest absolute Gasteiger partial charge is 0.268 e. The van der Waals surface area contributed by atoms with Crippen LogP contribution in [0.5, 0.6) is 0 Å². The number of aromatic nitrogens is 3. The van der Waals surface area contributed by atoms with Crippen LogP contribution in [0, 0.1) is 5.92 Å². The fourth-order valence-electron chi connectivity index (χ4n) is 5.31. The molecule has 29 heavy (non-hydrogen) atoms. The van der Waals surface area contributed by atoms with Gasteiger partial charge in [0.2, 0.25) is 11.9 Å². The van der Waals surface area contributed by atoms with Crippen molar-refractivity contribution < 1.29 is 9.59 Å². The van der Waals surface area contributed by atoms with Gasteiger partial charge in [-0.25, -0.2) is 4.98 Å². The van der Waals surface area contributed by atoms with Gasteiger partial charge in [-0.2, -0.15) is 4.98 Å². The quantitative estimate of drug-likeness (QED) is 0.811. The summed E-state index contributed by atoms with van der Waals surface area (Å²) in [6.07, 6.45) is 9.24. The predicted molar refractivity (Wildman–Crippen MR) is 110 cm³/mol. The van der Waals surface area contributed by atoms with Crippen molar-refractivity contribution in [1.82, 2.24) is 24.8 Å². The van der Waals surface area contributed by atoms with Crippen LogP contribution in [0.4, 0.5) is 5.95 Å². The molecular formula is C21H28N6O2. The lowest BCUT2D eigenvalue weighted by Gasteiger charge is -2.42. The molecule has 0 radical (unpaired) electrons. The molecule has 3 aliphatic rings. The molecule has 1 saturated carbocycles. The van der Waals surface area contributed by atoms with Gasteiger partial charge in [-0.15, -0.1) is 0 Å². The van der Waals surface area contributed by atoms with Crippen molar-refractivity contribution in [1.29, 1.82) is 0 Å². The molecule has 0 unspecified atom stereocenters. The van der Waals surface area contributed by atoms with Gasteiger partial charge in [0.1, 0.15) is 11.3 Å². The second kappa shape index (κ2) is 7.09. The van der Waals surface area contributed by atoms with Crippen molar-refractivity contribution in [2.24, 2.45) is 5.92 Å². The van der Waals surface area contributed by atoms with Crippen LogP contribution in [-0.4, -0.2) is 57.9 Å². The van der Waals surface area contributed by atoms with Crippen molar-refractivity contribution in [3.63, 3.8) is 0 Å². The van der Waals surface area contributed by atoms with Gasteiger partial charge in [0.15, 0.2) is 0 Å². The van der Waals surface area contributed by atoms with Crippen molar-refractivity contribution in [2.75, 3.05) is 32.0 Å². The fourth-order valence-corrected chi connectivity index (χ4v) is 5.31. The molecule has 1 aliphatic carbocycles. The Balaban J connectivity index is 1.49. The molecule has 5 rings (SSSR count). The maximum Gasteiger partial charge on any atom is 0.268 e. The molecule has 2 aromatic heterocycles. The second-order valence-electron chi connectivity index (χ2n) is 8.90. The Kier molecular flexibility index (Phi) is 4.53. The molecule has 8 heteroatoms. The van der Waals surface area contributed by atoms with Crippen LogP contribution < -0.4 is 10.6 Å². The van der Waals surface area contributed by atoms with Gasteiger partial charge in [0, 0.05) is 24.7 Å². The molecule has 2 aromatic rings. The first-order chi connectivity index (χ1) is 14.1. The number of rotatable bonds is 2. The molecule has 2 amide bonds. The summed E-state index contributed by atoms with van der Waals surface area (Å²) in [6.45, 7) is 2.44. The van der Waals surface area contributed by atoms with Gasteiger partial charge in [-0.05, 0) is 45.3 Å². The van der Waals surface area contributed by atoms with Gasteiger partial charge in [0.05, 0.1) is 11.5 Å². The summed E-state index contributed by atoms with van der Waals surface area (Å²) in [5.41, 5.74) is 1.29. The van der Waals surface area contributed by atoms with Gasteiger partial charge >= 0.3 is 0 Å². The standard InChI is InChI=1S/C21H28N6O2/c1-26-9-5-6-14(12-26)18(28)25-20-22-11-15-10-16-19(29)23-13-21(7-3-2-4-8-21)27(16)17(15)24-20/h10-11,14H,2-9,12-13H2,1H3,(H,23,29)(H,22,24,25,28)/t14-/m1/s1. The molecule has 2 fully saturated rings. The maximum atomic E-state index is 12.7. The molecule has 0 aromatic carbocycles. The Morgan fingerprint density at radius 1 is 1.28 bits per heavy atom. The number of hydrogen-bond donors (Lipinski definition) is 2. The zero-order valence-corrected chi connectivity index (χ0v) is 16.9. The van der Waals surface area contributed by atoms with E-state index in [9.17, 15) is 9.59 Å². The number of fused-ring (bicyclic) bond motifs is 4. The van der Waals surface area contributed by atoms with E-state index in [1.807, 2.05) is 13.1 Å². The summed E-state index contributed by atoms with van der Waals surface area (Å²) in [5.74, 6) is 0.208. The summed E-state index contributed by atoms with van der Waals surface area (Å²) in [5, 5.41) is 6.84. The number of amides is 2. The average Bonchev–Trinajstić information content (AvgIpc) is 3.12. The highest BCUT2D eigenvalue weighted by Gasteiger charge is 2.41. The number of nitrogens with one attached hydrogen (secondary N) is 2. The summed E-state index contributed by atoms with van der Waals surface area (Å²) in [7, 11) is 2.05. The molecule has 2 aliphatic heterocycles. The minimum Gasteiger partial charge on any atom is -0.348 e. The first kappa shape index (κ1) is 18.5. The lowest BCUT2D eigenvalue weighted by atomic mass is 9.80. The average molecular weight is 396 g/mol. The van der Waals surface area contributed by atoms with E-state index in [0.29, 0.717) is 18.2 Å². The van der Waals surface area contributed by atoms with E-state index in [1.165, 1.54) is 6.42 Å². The van der Waals surface area contributed by atoms with Gasteiger partial charge < -0.3 is 14.8 Å². The maximum absolute atomic E-state index is 12.7. The normalized spacial score (nSPS) is 24.3. The minimum atomic E-state index is -0.120. The van der Waals surface area contributed by atoms with Gasteiger partial charge in [-0.3, -0.25) is 14.9 Å². The van der Waals surface area contributed by atoms with Crippen LogP contribution in [0.2, 0.25) is 0 Å². The predicted octanol–water partition coefficient (Wildman–Crippen LogP) is 2.11. The van der Waals surface area contributed by atoms with Crippen molar-refractivity contribution in [2.45, 2.75) is 50.5 Å². The SMILES string of the molecule is CN1CCC[C@@H](C(=O)Nc2ncc3cc4n(c3n2)C2(CCCCC2)CNC4=O)C1. The fraction of sp³-hybridized carbons (Fsp3) is 0.619. The number of nitrogens with zero attached hydrogens (tertiary/aromatic N) is 4. The molecule has 154 valence electrons. The molecule has 1 saturated heterocycles. The van der Waals surface area contributed by atoms with E-state index in [-0.39, 0.29) is 23.3 Å². The number of carbonyl (C=O) groups excluding carboxylic acids is 2. The molecule has 2 N–H and O–H groups in total. The second-order valence-corrected chi connectivity index (χ2v) is 8.90. The van der Waals surface area contributed by atoms with E-state index in [0.717, 1.165) is 62.6 Å². The molecule has 1 atom stereocenters. The van der Waals surface area contributed by atoms with Gasteiger partial charge in [0.25, 0.3) is 5.91 Å². The lowest BCUT2D eigenvalue weighted by molar-refractivity contribution is -0.121. The Morgan fingerprint density at radius 2 is 2.10 bits per heavy atom. The third-order valence-electron chi connectivity index (χ3n) is 6.84. The third kappa shape index (κ3) is 3.19. The molecule has 8 nitrogen and oxygen atoms in total. The highest BCUT2D eigenvalue weighted by atomic mass is 16.2. The molecule has 0 bridgehead atoms. The molecule has 1 spiro atoms. The van der Waals surface area contributed by atoms with E-state index in [2.05, 4.69) is 25.1 Å². The minimum absolute atomic E-state index is 0.0218. The summed E-state index contributed by atoms with van der Waals surface area (Å²) in [4.78, 5) is 36.5. The number of anilines is 1.